The molecular weight excluding hydrogens is 230 g/mol. The molecule has 1 heteroatoms. The third-order valence-corrected chi connectivity index (χ3v) is 3.25. The van der Waals surface area contributed by atoms with E-state index in [9.17, 15) is 0 Å². The Morgan fingerprint density at radius 3 is 1.95 bits per heavy atom. The molecule has 1 aliphatic heterocycles. The highest BCUT2D eigenvalue weighted by atomic mass is 15.1. The van der Waals surface area contributed by atoms with Crippen molar-refractivity contribution in [1.29, 1.82) is 0 Å². The third kappa shape index (κ3) is 7.92. The molecule has 0 aromatic heterocycles. The third-order valence-electron chi connectivity index (χ3n) is 3.25. The lowest BCUT2D eigenvalue weighted by Gasteiger charge is -2.05. The quantitative estimate of drug-likeness (QED) is 0.548. The van der Waals surface area contributed by atoms with Crippen LogP contribution in [0.5, 0.6) is 0 Å². The van der Waals surface area contributed by atoms with Gasteiger partial charge in [-0.2, -0.15) is 0 Å². The normalized spacial score (nSPS) is 20.2. The van der Waals surface area contributed by atoms with Gasteiger partial charge in [0.2, 0.25) is 0 Å². The van der Waals surface area contributed by atoms with Gasteiger partial charge in [-0.25, -0.2) is 0 Å². The van der Waals surface area contributed by atoms with Gasteiger partial charge in [0.15, 0.2) is 0 Å². The number of nitrogens with zero attached hydrogens (tertiary/aromatic N) is 1. The molecule has 2 rings (SSSR count). The summed E-state index contributed by atoms with van der Waals surface area (Å²) in [7, 11) is 2.12. The van der Waals surface area contributed by atoms with Crippen LogP contribution in [0.2, 0.25) is 0 Å². The fraction of sp³-hybridized carbons (Fsp3) is 0.667. The first-order chi connectivity index (χ1) is 9.34. The van der Waals surface area contributed by atoms with Crippen molar-refractivity contribution in [2.45, 2.75) is 66.2 Å². The second-order valence-corrected chi connectivity index (χ2v) is 4.71. The van der Waals surface area contributed by atoms with E-state index in [2.05, 4.69) is 36.4 Å². The Kier molecular flexibility index (Phi) is 11.5. The van der Waals surface area contributed by atoms with Crippen LogP contribution in [0.25, 0.3) is 0 Å². The minimum absolute atomic E-state index is 1.07. The Balaban J connectivity index is 0.000000741. The molecule has 19 heavy (non-hydrogen) atoms. The van der Waals surface area contributed by atoms with Gasteiger partial charge in [-0.1, -0.05) is 58.3 Å². The van der Waals surface area contributed by atoms with E-state index >= 15 is 0 Å². The van der Waals surface area contributed by atoms with E-state index in [1.54, 1.807) is 5.57 Å². The summed E-state index contributed by atoms with van der Waals surface area (Å²) < 4.78 is 0. The van der Waals surface area contributed by atoms with Gasteiger partial charge >= 0.3 is 0 Å². The van der Waals surface area contributed by atoms with E-state index in [-0.39, 0.29) is 0 Å². The molecular formula is C18H33N. The van der Waals surface area contributed by atoms with Crippen molar-refractivity contribution in [1.82, 2.24) is 4.90 Å². The van der Waals surface area contributed by atoms with Gasteiger partial charge in [0, 0.05) is 13.6 Å². The standard InChI is InChI=1S/C14H21N.2C2H6/c1-15-11-10-14(12-15)9-8-13-6-4-2-3-5-7-13;2*1-2/h8-11H,2-7,12H2,1H3;2*1-2H3. The molecule has 0 saturated heterocycles. The maximum Gasteiger partial charge on any atom is 0.0421 e. The number of allylic oxidation sites excluding steroid dienone is 3. The topological polar surface area (TPSA) is 3.24 Å². The first-order valence-electron chi connectivity index (χ1n) is 8.11. The fourth-order valence-corrected chi connectivity index (χ4v) is 2.30. The van der Waals surface area contributed by atoms with Crippen LogP contribution in [0.4, 0.5) is 0 Å². The van der Waals surface area contributed by atoms with Crippen molar-refractivity contribution in [2.75, 3.05) is 13.6 Å². The number of likely N-dealkylation sites (N-methyl/N-ethyl adjacent to an activating group) is 1. The van der Waals surface area contributed by atoms with Crippen LogP contribution < -0.4 is 0 Å². The summed E-state index contributed by atoms with van der Waals surface area (Å²) in [6.45, 7) is 9.07. The maximum absolute atomic E-state index is 2.37. The molecule has 1 nitrogen and oxygen atoms in total. The van der Waals surface area contributed by atoms with Crippen LogP contribution in [0.1, 0.15) is 66.2 Å². The van der Waals surface area contributed by atoms with E-state index in [0.717, 1.165) is 6.54 Å². The molecule has 0 aromatic rings. The van der Waals surface area contributed by atoms with E-state index in [0.29, 0.717) is 0 Å². The molecule has 1 aliphatic carbocycles. The van der Waals surface area contributed by atoms with E-state index in [4.69, 9.17) is 0 Å². The van der Waals surface area contributed by atoms with E-state index in [1.807, 2.05) is 27.7 Å². The highest BCUT2D eigenvalue weighted by Crippen LogP contribution is 2.22. The van der Waals surface area contributed by atoms with E-state index < -0.39 is 0 Å². The van der Waals surface area contributed by atoms with Crippen molar-refractivity contribution >= 4 is 0 Å². The second kappa shape index (κ2) is 12.1. The van der Waals surface area contributed by atoms with E-state index in [1.165, 1.54) is 44.1 Å². The van der Waals surface area contributed by atoms with Crippen LogP contribution in [-0.4, -0.2) is 18.5 Å². The SMILES string of the molecule is CC.CC.CN1C=CC(=CC=C2CCCCCC2)C1. The summed E-state index contributed by atoms with van der Waals surface area (Å²) in [4.78, 5) is 2.22. The van der Waals surface area contributed by atoms with Crippen LogP contribution in [-0.2, 0) is 0 Å². The average molecular weight is 263 g/mol. The molecule has 0 unspecified atom stereocenters. The average Bonchev–Trinajstić information content (AvgIpc) is 2.73. The molecule has 0 amide bonds. The highest BCUT2D eigenvalue weighted by Gasteiger charge is 2.05. The van der Waals surface area contributed by atoms with Crippen LogP contribution >= 0.6 is 0 Å². The van der Waals surface area contributed by atoms with Gasteiger partial charge in [0.1, 0.15) is 0 Å². The summed E-state index contributed by atoms with van der Waals surface area (Å²) in [6.07, 6.45) is 17.3. The smallest absolute Gasteiger partial charge is 0.0421 e. The van der Waals surface area contributed by atoms with Crippen LogP contribution in [0, 0.1) is 0 Å². The lowest BCUT2D eigenvalue weighted by molar-refractivity contribution is 0.523. The molecule has 1 heterocycles. The molecule has 0 aromatic carbocycles. The van der Waals surface area contributed by atoms with Crippen molar-refractivity contribution in [2.24, 2.45) is 0 Å². The first kappa shape index (κ1) is 18.0. The number of hydrogen-bond acceptors (Lipinski definition) is 1. The Morgan fingerprint density at radius 2 is 1.47 bits per heavy atom. The van der Waals surface area contributed by atoms with Gasteiger partial charge < -0.3 is 4.90 Å². The Bertz CT molecular complexity index is 287. The minimum atomic E-state index is 1.07. The van der Waals surface area contributed by atoms with Crippen molar-refractivity contribution in [3.05, 3.63) is 35.6 Å². The van der Waals surface area contributed by atoms with Gasteiger partial charge in [-0.3, -0.25) is 0 Å². The molecule has 0 bridgehead atoms. The summed E-state index contributed by atoms with van der Waals surface area (Å²) in [5.74, 6) is 0. The van der Waals surface area contributed by atoms with Crippen molar-refractivity contribution in [3.8, 4) is 0 Å². The largest absolute Gasteiger partial charge is 0.376 e. The lowest BCUT2D eigenvalue weighted by atomic mass is 10.1. The molecule has 2 aliphatic rings. The maximum atomic E-state index is 2.37. The first-order valence-corrected chi connectivity index (χ1v) is 8.11. The molecule has 0 spiro atoms. The fourth-order valence-electron chi connectivity index (χ4n) is 2.30. The van der Waals surface area contributed by atoms with Crippen molar-refractivity contribution in [3.63, 3.8) is 0 Å². The minimum Gasteiger partial charge on any atom is -0.376 e. The Labute approximate surface area is 121 Å². The zero-order valence-electron chi connectivity index (χ0n) is 13.7. The van der Waals surface area contributed by atoms with Crippen molar-refractivity contribution < 1.29 is 0 Å². The zero-order valence-corrected chi connectivity index (χ0v) is 13.7. The Hall–Kier alpha value is -0.980. The van der Waals surface area contributed by atoms with Gasteiger partial charge in [0.05, 0.1) is 0 Å². The molecule has 0 radical (unpaired) electrons. The Morgan fingerprint density at radius 1 is 0.895 bits per heavy atom. The molecule has 110 valence electrons. The van der Waals surface area contributed by atoms with Gasteiger partial charge in [-0.15, -0.1) is 0 Å². The van der Waals surface area contributed by atoms with Crippen LogP contribution in [0.15, 0.2) is 35.6 Å². The molecule has 0 N–H and O–H groups in total. The van der Waals surface area contributed by atoms with Gasteiger partial charge in [-0.05, 0) is 43.5 Å². The second-order valence-electron chi connectivity index (χ2n) is 4.71. The highest BCUT2D eigenvalue weighted by molar-refractivity contribution is 5.30. The predicted molar refractivity (Wildman–Crippen MR) is 88.3 cm³/mol. The monoisotopic (exact) mass is 263 g/mol. The summed E-state index contributed by atoms with van der Waals surface area (Å²) in [5, 5.41) is 0. The molecule has 1 fully saturated rings. The summed E-state index contributed by atoms with van der Waals surface area (Å²) in [6, 6.07) is 0. The molecule has 1 saturated carbocycles. The molecule has 0 atom stereocenters. The zero-order chi connectivity index (χ0) is 14.5. The predicted octanol–water partition coefficient (Wildman–Crippen LogP) is 5.70. The summed E-state index contributed by atoms with van der Waals surface area (Å²) in [5.41, 5.74) is 3.09. The number of hydrogen-bond donors (Lipinski definition) is 0. The summed E-state index contributed by atoms with van der Waals surface area (Å²) >= 11 is 0. The number of rotatable bonds is 1. The van der Waals surface area contributed by atoms with Gasteiger partial charge in [0.25, 0.3) is 0 Å². The lowest BCUT2D eigenvalue weighted by Crippen LogP contribution is -2.06. The van der Waals surface area contributed by atoms with Crippen LogP contribution in [0.3, 0.4) is 0 Å².